The molecular weight excluding hydrogens is 235 g/mol. The zero-order valence-corrected chi connectivity index (χ0v) is 9.01. The molecule has 2 rings (SSSR count). The Hall–Kier alpha value is -1.32. The molecule has 3 nitrogen and oxygen atoms in total. The highest BCUT2D eigenvalue weighted by Crippen LogP contribution is 2.22. The minimum absolute atomic E-state index is 0.198. The first-order chi connectivity index (χ1) is 7.18. The molecule has 0 amide bonds. The number of benzene rings is 1. The molecule has 0 bridgehead atoms. The molecule has 0 fully saturated rings. The summed E-state index contributed by atoms with van der Waals surface area (Å²) in [5.74, 6) is -0.198. The van der Waals surface area contributed by atoms with E-state index in [1.807, 2.05) is 0 Å². The molecule has 0 aliphatic rings. The van der Waals surface area contributed by atoms with Gasteiger partial charge in [0.15, 0.2) is 5.78 Å². The third-order valence-corrected chi connectivity index (χ3v) is 2.50. The molecule has 0 atom stereocenters. The lowest BCUT2D eigenvalue weighted by atomic mass is 10.1. The molecule has 1 aromatic heterocycles. The Bertz CT molecular complexity index is 494. The number of carbonyl (C=O) groups excluding carboxylic acids is 1. The van der Waals surface area contributed by atoms with Crippen molar-refractivity contribution in [2.75, 3.05) is 0 Å². The van der Waals surface area contributed by atoms with Crippen LogP contribution in [0.4, 0.5) is 0 Å². The van der Waals surface area contributed by atoms with Crippen LogP contribution in [-0.2, 0) is 0 Å². The van der Waals surface area contributed by atoms with Crippen molar-refractivity contribution in [3.8, 4) is 0 Å². The lowest BCUT2D eigenvalue weighted by Crippen LogP contribution is -2.00. The fourth-order valence-corrected chi connectivity index (χ4v) is 1.58. The van der Waals surface area contributed by atoms with Gasteiger partial charge in [0.1, 0.15) is 0 Å². The minimum atomic E-state index is -0.198. The van der Waals surface area contributed by atoms with Crippen LogP contribution in [0.15, 0.2) is 30.6 Å². The van der Waals surface area contributed by atoms with Crippen LogP contribution in [0, 0.1) is 0 Å². The maximum Gasteiger partial charge on any atom is 0.197 e. The number of hydrogen-bond acceptors (Lipinski definition) is 2. The van der Waals surface area contributed by atoms with Crippen molar-refractivity contribution in [2.45, 2.75) is 0 Å². The van der Waals surface area contributed by atoms with Crippen molar-refractivity contribution >= 4 is 29.0 Å². The van der Waals surface area contributed by atoms with Gasteiger partial charge in [-0.2, -0.15) is 5.10 Å². The summed E-state index contributed by atoms with van der Waals surface area (Å²) in [6.45, 7) is 0. The number of nitrogens with one attached hydrogen (secondary N) is 1. The topological polar surface area (TPSA) is 45.8 Å². The van der Waals surface area contributed by atoms with E-state index in [0.29, 0.717) is 21.2 Å². The molecule has 0 aliphatic heterocycles. The van der Waals surface area contributed by atoms with E-state index in [1.54, 1.807) is 18.2 Å². The summed E-state index contributed by atoms with van der Waals surface area (Å²) in [5, 5.41) is 7.12. The fraction of sp³-hybridized carbons (Fsp3) is 0. The van der Waals surface area contributed by atoms with Crippen molar-refractivity contribution in [1.82, 2.24) is 10.2 Å². The van der Waals surface area contributed by atoms with Crippen LogP contribution in [0.1, 0.15) is 15.9 Å². The Labute approximate surface area is 96.0 Å². The van der Waals surface area contributed by atoms with Gasteiger partial charge in [-0.15, -0.1) is 0 Å². The first-order valence-corrected chi connectivity index (χ1v) is 4.92. The summed E-state index contributed by atoms with van der Waals surface area (Å²) in [5.41, 5.74) is 0.838. The molecule has 0 spiro atoms. The Morgan fingerprint density at radius 2 is 2.13 bits per heavy atom. The molecule has 15 heavy (non-hydrogen) atoms. The molecule has 1 N–H and O–H groups in total. The molecule has 5 heteroatoms. The molecular formula is C10H6Cl2N2O. The maximum absolute atomic E-state index is 11.9. The maximum atomic E-state index is 11.9. The molecule has 0 saturated heterocycles. The average molecular weight is 241 g/mol. The molecule has 0 saturated carbocycles. The van der Waals surface area contributed by atoms with E-state index in [0.717, 1.165) is 0 Å². The van der Waals surface area contributed by atoms with E-state index in [1.165, 1.54) is 12.4 Å². The quantitative estimate of drug-likeness (QED) is 0.821. The van der Waals surface area contributed by atoms with E-state index in [2.05, 4.69) is 10.2 Å². The normalized spacial score (nSPS) is 10.3. The van der Waals surface area contributed by atoms with E-state index in [4.69, 9.17) is 23.2 Å². The number of rotatable bonds is 2. The largest absolute Gasteiger partial charge is 0.288 e. The summed E-state index contributed by atoms with van der Waals surface area (Å²) < 4.78 is 0. The smallest absolute Gasteiger partial charge is 0.197 e. The van der Waals surface area contributed by atoms with Crippen LogP contribution in [0.25, 0.3) is 0 Å². The second-order valence-corrected chi connectivity index (χ2v) is 3.78. The summed E-state index contributed by atoms with van der Waals surface area (Å²) in [4.78, 5) is 11.9. The number of aromatic amines is 1. The summed E-state index contributed by atoms with van der Waals surface area (Å²) in [7, 11) is 0. The SMILES string of the molecule is O=C(c1cn[nH]c1)c1cc(Cl)ccc1Cl. The molecule has 0 aliphatic carbocycles. The first-order valence-electron chi connectivity index (χ1n) is 4.17. The Balaban J connectivity index is 2.46. The highest BCUT2D eigenvalue weighted by molar-refractivity contribution is 6.36. The molecule has 0 radical (unpaired) electrons. The number of carbonyl (C=O) groups is 1. The van der Waals surface area contributed by atoms with Crippen molar-refractivity contribution in [3.05, 3.63) is 51.8 Å². The molecule has 1 heterocycles. The van der Waals surface area contributed by atoms with Crippen molar-refractivity contribution in [2.24, 2.45) is 0 Å². The highest BCUT2D eigenvalue weighted by atomic mass is 35.5. The predicted octanol–water partition coefficient (Wildman–Crippen LogP) is 2.95. The van der Waals surface area contributed by atoms with Gasteiger partial charge in [-0.1, -0.05) is 23.2 Å². The summed E-state index contributed by atoms with van der Waals surface area (Å²) in [6.07, 6.45) is 2.96. The Morgan fingerprint density at radius 1 is 1.33 bits per heavy atom. The van der Waals surface area contributed by atoms with Gasteiger partial charge in [-0.3, -0.25) is 9.89 Å². The fourth-order valence-electron chi connectivity index (χ4n) is 1.20. The standard InChI is InChI=1S/C10H6Cl2N2O/c11-7-1-2-9(12)8(3-7)10(15)6-4-13-14-5-6/h1-5H,(H,13,14). The van der Waals surface area contributed by atoms with Crippen molar-refractivity contribution in [1.29, 1.82) is 0 Å². The van der Waals surface area contributed by atoms with Gasteiger partial charge in [0.25, 0.3) is 0 Å². The number of H-pyrrole nitrogens is 1. The van der Waals surface area contributed by atoms with Gasteiger partial charge < -0.3 is 0 Å². The lowest BCUT2D eigenvalue weighted by Gasteiger charge is -2.01. The van der Waals surface area contributed by atoms with Crippen LogP contribution in [0.3, 0.4) is 0 Å². The zero-order valence-electron chi connectivity index (χ0n) is 7.50. The van der Waals surface area contributed by atoms with Crippen LogP contribution in [-0.4, -0.2) is 16.0 Å². The Kier molecular flexibility index (Phi) is 2.75. The number of halogens is 2. The van der Waals surface area contributed by atoms with Gasteiger partial charge in [0, 0.05) is 16.8 Å². The number of ketones is 1. The number of hydrogen-bond donors (Lipinski definition) is 1. The summed E-state index contributed by atoms with van der Waals surface area (Å²) >= 11 is 11.7. The number of nitrogens with zero attached hydrogens (tertiary/aromatic N) is 1. The van der Waals surface area contributed by atoms with Crippen LogP contribution >= 0.6 is 23.2 Å². The molecule has 0 unspecified atom stereocenters. The lowest BCUT2D eigenvalue weighted by molar-refractivity contribution is 0.103. The van der Waals surface area contributed by atoms with Crippen LogP contribution in [0.5, 0.6) is 0 Å². The first kappa shape index (κ1) is 10.2. The third kappa shape index (κ3) is 2.03. The zero-order chi connectivity index (χ0) is 10.8. The molecule has 76 valence electrons. The van der Waals surface area contributed by atoms with Crippen molar-refractivity contribution in [3.63, 3.8) is 0 Å². The predicted molar refractivity (Wildman–Crippen MR) is 58.5 cm³/mol. The van der Waals surface area contributed by atoms with E-state index < -0.39 is 0 Å². The van der Waals surface area contributed by atoms with Crippen LogP contribution < -0.4 is 0 Å². The van der Waals surface area contributed by atoms with Gasteiger partial charge in [0.05, 0.1) is 16.8 Å². The van der Waals surface area contributed by atoms with Gasteiger partial charge in [0.2, 0.25) is 0 Å². The molecule has 2 aromatic rings. The average Bonchev–Trinajstić information content (AvgIpc) is 2.74. The molecule has 1 aromatic carbocycles. The third-order valence-electron chi connectivity index (χ3n) is 1.93. The Morgan fingerprint density at radius 3 is 2.80 bits per heavy atom. The second kappa shape index (κ2) is 4.04. The van der Waals surface area contributed by atoms with E-state index in [-0.39, 0.29) is 5.78 Å². The second-order valence-electron chi connectivity index (χ2n) is 2.94. The van der Waals surface area contributed by atoms with Crippen molar-refractivity contribution < 1.29 is 4.79 Å². The van der Waals surface area contributed by atoms with Gasteiger partial charge in [-0.25, -0.2) is 0 Å². The highest BCUT2D eigenvalue weighted by Gasteiger charge is 2.13. The number of aromatic nitrogens is 2. The van der Waals surface area contributed by atoms with E-state index >= 15 is 0 Å². The van der Waals surface area contributed by atoms with Gasteiger partial charge >= 0.3 is 0 Å². The minimum Gasteiger partial charge on any atom is -0.288 e. The van der Waals surface area contributed by atoms with Gasteiger partial charge in [-0.05, 0) is 18.2 Å². The summed E-state index contributed by atoms with van der Waals surface area (Å²) in [6, 6.07) is 4.77. The van der Waals surface area contributed by atoms with E-state index in [9.17, 15) is 4.79 Å². The van der Waals surface area contributed by atoms with Crippen LogP contribution in [0.2, 0.25) is 10.0 Å². The monoisotopic (exact) mass is 240 g/mol.